The van der Waals surface area contributed by atoms with Gasteiger partial charge in [-0.15, -0.1) is 0 Å². The van der Waals surface area contributed by atoms with Gasteiger partial charge < -0.3 is 14.2 Å². The van der Waals surface area contributed by atoms with E-state index in [2.05, 4.69) is 16.2 Å². The third kappa shape index (κ3) is 4.38. The summed E-state index contributed by atoms with van der Waals surface area (Å²) < 4.78 is 24.4. The smallest absolute Gasteiger partial charge is 0.231 e. The second-order valence-corrected chi connectivity index (χ2v) is 8.78. The van der Waals surface area contributed by atoms with Crippen LogP contribution >= 0.6 is 0 Å². The monoisotopic (exact) mass is 459 g/mol. The van der Waals surface area contributed by atoms with Crippen molar-refractivity contribution >= 4 is 16.7 Å². The first-order chi connectivity index (χ1) is 16.5. The molecule has 0 spiro atoms. The van der Waals surface area contributed by atoms with E-state index < -0.39 is 0 Å². The standard InChI is InChI=1S/C27H26FN3O3/c1-17(18-8-9-20-15-24(33-2)11-10-19(20)13-18)27(32)31-12-4-6-22(16-31)26-29-25(30-34-26)21-5-3-7-23(28)14-21/h3,5,7-11,13-15,17,22H,4,6,12,16H2,1-2H3/t17-,22?/m0/s1. The minimum atomic E-state index is -0.347. The van der Waals surface area contributed by atoms with Crippen LogP contribution in [0.4, 0.5) is 4.39 Å². The summed E-state index contributed by atoms with van der Waals surface area (Å²) in [5.74, 6) is 1.09. The quantitative estimate of drug-likeness (QED) is 0.392. The summed E-state index contributed by atoms with van der Waals surface area (Å²) in [6.07, 6.45) is 1.72. The fourth-order valence-corrected chi connectivity index (χ4v) is 4.58. The Morgan fingerprint density at radius 3 is 2.79 bits per heavy atom. The van der Waals surface area contributed by atoms with E-state index in [9.17, 15) is 9.18 Å². The predicted octanol–water partition coefficient (Wildman–Crippen LogP) is 5.55. The number of halogens is 1. The lowest BCUT2D eigenvalue weighted by atomic mass is 9.93. The molecule has 1 unspecified atom stereocenters. The summed E-state index contributed by atoms with van der Waals surface area (Å²) in [5.41, 5.74) is 1.55. The molecule has 174 valence electrons. The second-order valence-electron chi connectivity index (χ2n) is 8.78. The number of likely N-dealkylation sites (tertiary alicyclic amines) is 1. The van der Waals surface area contributed by atoms with Gasteiger partial charge in [-0.05, 0) is 60.4 Å². The number of piperidine rings is 1. The van der Waals surface area contributed by atoms with Crippen molar-refractivity contribution in [3.8, 4) is 17.1 Å². The minimum absolute atomic E-state index is 0.0382. The van der Waals surface area contributed by atoms with E-state index in [0.717, 1.165) is 34.9 Å². The third-order valence-electron chi connectivity index (χ3n) is 6.55. The molecule has 3 aromatic carbocycles. The Balaban J connectivity index is 1.30. The number of rotatable bonds is 5. The first-order valence-corrected chi connectivity index (χ1v) is 11.5. The van der Waals surface area contributed by atoms with Crippen molar-refractivity contribution in [1.29, 1.82) is 0 Å². The number of amides is 1. The Morgan fingerprint density at radius 2 is 1.97 bits per heavy atom. The highest BCUT2D eigenvalue weighted by Crippen LogP contribution is 2.31. The topological polar surface area (TPSA) is 68.5 Å². The molecule has 1 aromatic heterocycles. The molecule has 4 aromatic rings. The molecule has 1 fully saturated rings. The number of benzene rings is 3. The summed E-state index contributed by atoms with van der Waals surface area (Å²) in [6, 6.07) is 18.2. The van der Waals surface area contributed by atoms with Crippen LogP contribution in [0.2, 0.25) is 0 Å². The normalized spacial score (nSPS) is 17.0. The first kappa shape index (κ1) is 22.1. The van der Waals surface area contributed by atoms with Crippen LogP contribution in [-0.4, -0.2) is 41.1 Å². The van der Waals surface area contributed by atoms with Crippen LogP contribution in [0.1, 0.15) is 43.1 Å². The Kier molecular flexibility index (Phi) is 6.01. The molecule has 2 atom stereocenters. The molecule has 0 radical (unpaired) electrons. The number of hydrogen-bond acceptors (Lipinski definition) is 5. The third-order valence-corrected chi connectivity index (χ3v) is 6.55. The first-order valence-electron chi connectivity index (χ1n) is 11.5. The number of carbonyl (C=O) groups excluding carboxylic acids is 1. The highest BCUT2D eigenvalue weighted by atomic mass is 19.1. The summed E-state index contributed by atoms with van der Waals surface area (Å²) in [6.45, 7) is 3.18. The number of aromatic nitrogens is 2. The molecule has 5 rings (SSSR count). The van der Waals surface area contributed by atoms with Crippen LogP contribution in [0, 0.1) is 5.82 Å². The van der Waals surface area contributed by atoms with Crippen molar-refractivity contribution in [2.45, 2.75) is 31.6 Å². The molecule has 6 nitrogen and oxygen atoms in total. The zero-order valence-electron chi connectivity index (χ0n) is 19.2. The lowest BCUT2D eigenvalue weighted by molar-refractivity contribution is -0.133. The molecular weight excluding hydrogens is 433 g/mol. The van der Waals surface area contributed by atoms with E-state index in [0.29, 0.717) is 30.4 Å². The fourth-order valence-electron chi connectivity index (χ4n) is 4.58. The Morgan fingerprint density at radius 1 is 1.15 bits per heavy atom. The maximum absolute atomic E-state index is 13.6. The molecule has 0 N–H and O–H groups in total. The minimum Gasteiger partial charge on any atom is -0.497 e. The van der Waals surface area contributed by atoms with Crippen LogP contribution in [-0.2, 0) is 4.79 Å². The van der Waals surface area contributed by atoms with Gasteiger partial charge in [0.25, 0.3) is 0 Å². The Bertz CT molecular complexity index is 1340. The predicted molar refractivity (Wildman–Crippen MR) is 127 cm³/mol. The van der Waals surface area contributed by atoms with Crippen LogP contribution in [0.25, 0.3) is 22.2 Å². The number of methoxy groups -OCH3 is 1. The zero-order valence-corrected chi connectivity index (χ0v) is 19.2. The average molecular weight is 460 g/mol. The molecule has 0 saturated carbocycles. The van der Waals surface area contributed by atoms with Crippen molar-refractivity contribution in [2.75, 3.05) is 20.2 Å². The summed E-state index contributed by atoms with van der Waals surface area (Å²) in [7, 11) is 1.65. The van der Waals surface area contributed by atoms with E-state index in [1.165, 1.54) is 12.1 Å². The molecule has 2 heterocycles. The Labute approximate surface area is 197 Å². The summed E-state index contributed by atoms with van der Waals surface area (Å²) in [5, 5.41) is 6.18. The van der Waals surface area contributed by atoms with E-state index in [4.69, 9.17) is 9.26 Å². The molecule has 1 aliphatic rings. The van der Waals surface area contributed by atoms with Crippen LogP contribution < -0.4 is 4.74 Å². The molecule has 0 bridgehead atoms. The molecule has 1 aliphatic heterocycles. The van der Waals surface area contributed by atoms with Gasteiger partial charge in [0.05, 0.1) is 18.9 Å². The largest absolute Gasteiger partial charge is 0.497 e. The number of hydrogen-bond donors (Lipinski definition) is 0. The molecule has 34 heavy (non-hydrogen) atoms. The van der Waals surface area contributed by atoms with Gasteiger partial charge in [-0.25, -0.2) is 4.39 Å². The number of carbonyl (C=O) groups is 1. The van der Waals surface area contributed by atoms with Gasteiger partial charge in [0.15, 0.2) is 0 Å². The molecule has 1 amide bonds. The van der Waals surface area contributed by atoms with Gasteiger partial charge in [0, 0.05) is 18.7 Å². The van der Waals surface area contributed by atoms with Crippen LogP contribution in [0.15, 0.2) is 65.2 Å². The lowest BCUT2D eigenvalue weighted by Gasteiger charge is -2.33. The van der Waals surface area contributed by atoms with Gasteiger partial charge in [0.1, 0.15) is 11.6 Å². The van der Waals surface area contributed by atoms with Crippen molar-refractivity contribution in [3.05, 3.63) is 77.9 Å². The maximum Gasteiger partial charge on any atom is 0.231 e. The van der Waals surface area contributed by atoms with Gasteiger partial charge in [0.2, 0.25) is 17.6 Å². The number of fused-ring (bicyclic) bond motifs is 1. The highest BCUT2D eigenvalue weighted by Gasteiger charge is 2.31. The number of ether oxygens (including phenoxy) is 1. The summed E-state index contributed by atoms with van der Waals surface area (Å²) in [4.78, 5) is 19.8. The van der Waals surface area contributed by atoms with Gasteiger partial charge in [-0.1, -0.05) is 41.6 Å². The fraction of sp³-hybridized carbons (Fsp3) is 0.296. The highest BCUT2D eigenvalue weighted by molar-refractivity contribution is 5.88. The van der Waals surface area contributed by atoms with Crippen molar-refractivity contribution in [3.63, 3.8) is 0 Å². The molecular formula is C27H26FN3O3. The van der Waals surface area contributed by atoms with Crippen molar-refractivity contribution in [1.82, 2.24) is 15.0 Å². The average Bonchev–Trinajstić information content (AvgIpc) is 3.38. The molecule has 7 heteroatoms. The van der Waals surface area contributed by atoms with Crippen LogP contribution in [0.5, 0.6) is 5.75 Å². The Hall–Kier alpha value is -3.74. The molecule has 0 aliphatic carbocycles. The number of nitrogens with zero attached hydrogens (tertiary/aromatic N) is 3. The molecule has 1 saturated heterocycles. The maximum atomic E-state index is 13.6. The van der Waals surface area contributed by atoms with E-state index >= 15 is 0 Å². The lowest BCUT2D eigenvalue weighted by Crippen LogP contribution is -2.41. The summed E-state index contributed by atoms with van der Waals surface area (Å²) >= 11 is 0. The van der Waals surface area contributed by atoms with Crippen LogP contribution in [0.3, 0.4) is 0 Å². The van der Waals surface area contributed by atoms with E-state index in [1.54, 1.807) is 19.2 Å². The van der Waals surface area contributed by atoms with Gasteiger partial charge in [-0.2, -0.15) is 4.98 Å². The SMILES string of the molecule is COc1ccc2cc([C@H](C)C(=O)N3CCCC(c4nc(-c5cccc(F)c5)no4)C3)ccc2c1. The van der Waals surface area contributed by atoms with E-state index in [-0.39, 0.29) is 23.6 Å². The zero-order chi connectivity index (χ0) is 23.7. The van der Waals surface area contributed by atoms with Gasteiger partial charge >= 0.3 is 0 Å². The van der Waals surface area contributed by atoms with E-state index in [1.807, 2.05) is 42.2 Å². The second kappa shape index (κ2) is 9.25. The van der Waals surface area contributed by atoms with Crippen molar-refractivity contribution < 1.29 is 18.4 Å². The van der Waals surface area contributed by atoms with Gasteiger partial charge in [-0.3, -0.25) is 4.79 Å². The van der Waals surface area contributed by atoms with Crippen molar-refractivity contribution in [2.24, 2.45) is 0 Å².